The Morgan fingerprint density at radius 3 is 2.76 bits per heavy atom. The molecule has 4 atom stereocenters. The molecule has 0 radical (unpaired) electrons. The lowest BCUT2D eigenvalue weighted by atomic mass is 9.97. The topological polar surface area (TPSA) is 30.3 Å². The molecule has 1 saturated heterocycles. The minimum atomic E-state index is 0.365. The number of fused-ring (bicyclic) bond motifs is 3. The van der Waals surface area contributed by atoms with E-state index in [-0.39, 0.29) is 0 Å². The highest BCUT2D eigenvalue weighted by Gasteiger charge is 2.37. The van der Waals surface area contributed by atoms with Gasteiger partial charge in [0.2, 0.25) is 0 Å². The van der Waals surface area contributed by atoms with E-state index in [4.69, 9.17) is 4.74 Å². The predicted octanol–water partition coefficient (Wildman–Crippen LogP) is 3.65. The summed E-state index contributed by atoms with van der Waals surface area (Å²) in [4.78, 5) is 2.64. The third kappa shape index (κ3) is 3.42. The van der Waals surface area contributed by atoms with Gasteiger partial charge >= 0.3 is 0 Å². The molecule has 0 N–H and O–H groups in total. The van der Waals surface area contributed by atoms with Gasteiger partial charge in [0.05, 0.1) is 24.4 Å². The number of piperidine rings is 1. The number of para-hydroxylation sites is 1. The summed E-state index contributed by atoms with van der Waals surface area (Å²) < 4.78 is 8.05. The Balaban J connectivity index is 1.37. The van der Waals surface area contributed by atoms with E-state index in [9.17, 15) is 0 Å². The minimum Gasteiger partial charge on any atom is -0.374 e. The van der Waals surface area contributed by atoms with Crippen molar-refractivity contribution >= 4 is 10.9 Å². The lowest BCUT2D eigenvalue weighted by Crippen LogP contribution is -2.48. The first-order valence-electron chi connectivity index (χ1n) is 9.31. The lowest BCUT2D eigenvalue weighted by Gasteiger charge is -2.40. The standard InChI is InChI=1S/C21H27N3O/c1-3-10-25-20-11-18-8-9-19(12-20)23(18)14-16(2)15-24-21-7-5-4-6-17(21)13-22-24/h3-9,13,16,18-20H,1,10-12,14-15H2,2H3/t16-,18+,19?,20?/m1/s1. The van der Waals surface area contributed by atoms with Crippen molar-refractivity contribution < 1.29 is 4.74 Å². The number of aromatic nitrogens is 2. The highest BCUT2D eigenvalue weighted by atomic mass is 16.5. The van der Waals surface area contributed by atoms with E-state index < -0.39 is 0 Å². The second-order valence-corrected chi connectivity index (χ2v) is 7.42. The van der Waals surface area contributed by atoms with Crippen LogP contribution in [0.5, 0.6) is 0 Å². The van der Waals surface area contributed by atoms with Gasteiger partial charge in [-0.1, -0.05) is 43.4 Å². The lowest BCUT2D eigenvalue weighted by molar-refractivity contribution is -0.00738. The predicted molar refractivity (Wildman–Crippen MR) is 101 cm³/mol. The van der Waals surface area contributed by atoms with Crippen molar-refractivity contribution in [3.8, 4) is 0 Å². The molecule has 2 unspecified atom stereocenters. The molecule has 0 spiro atoms. The van der Waals surface area contributed by atoms with Gasteiger partial charge in [0.15, 0.2) is 0 Å². The van der Waals surface area contributed by atoms with Crippen LogP contribution in [0.25, 0.3) is 10.9 Å². The number of rotatable bonds is 7. The van der Waals surface area contributed by atoms with Gasteiger partial charge in [0, 0.05) is 30.6 Å². The van der Waals surface area contributed by atoms with Crippen LogP contribution in [-0.4, -0.2) is 46.0 Å². The van der Waals surface area contributed by atoms with Crippen LogP contribution < -0.4 is 0 Å². The van der Waals surface area contributed by atoms with Crippen molar-refractivity contribution in [1.82, 2.24) is 14.7 Å². The maximum atomic E-state index is 5.90. The molecule has 0 aliphatic carbocycles. The van der Waals surface area contributed by atoms with Crippen LogP contribution in [0.3, 0.4) is 0 Å². The van der Waals surface area contributed by atoms with Gasteiger partial charge in [-0.3, -0.25) is 9.58 Å². The summed E-state index contributed by atoms with van der Waals surface area (Å²) in [6.45, 7) is 8.80. The minimum absolute atomic E-state index is 0.365. The number of ether oxygens (including phenoxy) is 1. The second-order valence-electron chi connectivity index (χ2n) is 7.42. The molecule has 4 nitrogen and oxygen atoms in total. The summed E-state index contributed by atoms with van der Waals surface area (Å²) in [6, 6.07) is 9.48. The smallest absolute Gasteiger partial charge is 0.0682 e. The molecule has 2 aromatic rings. The molecule has 3 heterocycles. The largest absolute Gasteiger partial charge is 0.374 e. The van der Waals surface area contributed by atoms with Crippen LogP contribution in [0, 0.1) is 5.92 Å². The molecule has 1 aromatic heterocycles. The van der Waals surface area contributed by atoms with Crippen LogP contribution in [0.1, 0.15) is 19.8 Å². The maximum Gasteiger partial charge on any atom is 0.0682 e. The van der Waals surface area contributed by atoms with Crippen molar-refractivity contribution in [2.45, 2.75) is 44.5 Å². The van der Waals surface area contributed by atoms with Crippen LogP contribution >= 0.6 is 0 Å². The van der Waals surface area contributed by atoms with Crippen LogP contribution in [-0.2, 0) is 11.3 Å². The number of nitrogens with zero attached hydrogens (tertiary/aromatic N) is 3. The van der Waals surface area contributed by atoms with Gasteiger partial charge in [-0.2, -0.15) is 5.10 Å². The van der Waals surface area contributed by atoms with Crippen LogP contribution in [0.15, 0.2) is 55.3 Å². The number of hydrogen-bond acceptors (Lipinski definition) is 3. The Bertz CT molecular complexity index is 749. The van der Waals surface area contributed by atoms with E-state index in [0.29, 0.717) is 30.7 Å². The first-order chi connectivity index (χ1) is 12.2. The van der Waals surface area contributed by atoms with E-state index in [1.165, 1.54) is 10.9 Å². The van der Waals surface area contributed by atoms with E-state index in [1.807, 2.05) is 12.3 Å². The maximum absolute atomic E-state index is 5.90. The summed E-state index contributed by atoms with van der Waals surface area (Å²) in [5.41, 5.74) is 1.23. The molecule has 132 valence electrons. The molecular formula is C21H27N3O. The first-order valence-corrected chi connectivity index (χ1v) is 9.31. The summed E-state index contributed by atoms with van der Waals surface area (Å²) in [5, 5.41) is 5.80. The molecule has 4 heteroatoms. The molecule has 2 aliphatic rings. The van der Waals surface area contributed by atoms with Gasteiger partial charge in [-0.15, -0.1) is 6.58 Å². The monoisotopic (exact) mass is 337 g/mol. The van der Waals surface area contributed by atoms with Gasteiger partial charge in [0.1, 0.15) is 0 Å². The van der Waals surface area contributed by atoms with Crippen molar-refractivity contribution in [2.75, 3.05) is 13.2 Å². The molecule has 4 rings (SSSR count). The van der Waals surface area contributed by atoms with Crippen molar-refractivity contribution in [3.63, 3.8) is 0 Å². The molecular weight excluding hydrogens is 310 g/mol. The molecule has 0 saturated carbocycles. The van der Waals surface area contributed by atoms with Gasteiger partial charge in [0.25, 0.3) is 0 Å². The summed E-state index contributed by atoms with van der Waals surface area (Å²) in [5.74, 6) is 0.554. The molecule has 0 amide bonds. The van der Waals surface area contributed by atoms with E-state index in [1.54, 1.807) is 0 Å². The fraction of sp³-hybridized carbons (Fsp3) is 0.476. The summed E-state index contributed by atoms with van der Waals surface area (Å²) in [6.07, 6.45) is 11.1. The average Bonchev–Trinajstić information content (AvgIpc) is 3.11. The highest BCUT2D eigenvalue weighted by molar-refractivity contribution is 5.78. The molecule has 1 aromatic carbocycles. The Kier molecular flexibility index (Phi) is 4.73. The van der Waals surface area contributed by atoms with Gasteiger partial charge in [-0.05, 0) is 24.8 Å². The molecule has 2 bridgehead atoms. The van der Waals surface area contributed by atoms with Crippen molar-refractivity contribution in [3.05, 3.63) is 55.3 Å². The normalized spacial score (nSPS) is 27.0. The zero-order valence-corrected chi connectivity index (χ0v) is 14.9. The van der Waals surface area contributed by atoms with E-state index >= 15 is 0 Å². The Morgan fingerprint density at radius 1 is 1.24 bits per heavy atom. The Hall–Kier alpha value is -1.91. The third-order valence-corrected chi connectivity index (χ3v) is 5.42. The Morgan fingerprint density at radius 2 is 2.00 bits per heavy atom. The SMILES string of the molecule is C=CCOC1CC2C=C[C@@H](C1)N2C[C@@H](C)Cn1ncc2ccccc21. The fourth-order valence-electron chi connectivity index (χ4n) is 4.28. The molecule has 1 fully saturated rings. The zero-order chi connectivity index (χ0) is 17.2. The molecule has 25 heavy (non-hydrogen) atoms. The van der Waals surface area contributed by atoms with Gasteiger partial charge < -0.3 is 4.74 Å². The van der Waals surface area contributed by atoms with Crippen molar-refractivity contribution in [1.29, 1.82) is 0 Å². The van der Waals surface area contributed by atoms with Crippen molar-refractivity contribution in [2.24, 2.45) is 5.92 Å². The van der Waals surface area contributed by atoms with Crippen LogP contribution in [0.4, 0.5) is 0 Å². The van der Waals surface area contributed by atoms with Gasteiger partial charge in [-0.25, -0.2) is 0 Å². The number of benzene rings is 1. The molecule has 2 aliphatic heterocycles. The average molecular weight is 337 g/mol. The summed E-state index contributed by atoms with van der Waals surface area (Å²) >= 11 is 0. The number of hydrogen-bond donors (Lipinski definition) is 0. The van der Waals surface area contributed by atoms with Crippen LogP contribution in [0.2, 0.25) is 0 Å². The third-order valence-electron chi connectivity index (χ3n) is 5.42. The quantitative estimate of drug-likeness (QED) is 0.723. The second kappa shape index (κ2) is 7.14. The zero-order valence-electron chi connectivity index (χ0n) is 14.9. The fourth-order valence-corrected chi connectivity index (χ4v) is 4.28. The first kappa shape index (κ1) is 16.6. The Labute approximate surface area is 149 Å². The van der Waals surface area contributed by atoms with E-state index in [2.05, 4.69) is 64.6 Å². The van der Waals surface area contributed by atoms with E-state index in [0.717, 1.165) is 25.9 Å². The highest BCUT2D eigenvalue weighted by Crippen LogP contribution is 2.33. The summed E-state index contributed by atoms with van der Waals surface area (Å²) in [7, 11) is 0.